The van der Waals surface area contributed by atoms with Gasteiger partial charge in [0.2, 0.25) is 0 Å². The van der Waals surface area contributed by atoms with E-state index in [4.69, 9.17) is 4.74 Å². The van der Waals surface area contributed by atoms with Gasteiger partial charge in [0.1, 0.15) is 0 Å². The van der Waals surface area contributed by atoms with E-state index in [1.54, 1.807) is 0 Å². The first-order valence-electron chi connectivity index (χ1n) is 7.18. The normalized spacial score (nSPS) is 25.8. The van der Waals surface area contributed by atoms with E-state index in [-0.39, 0.29) is 0 Å². The van der Waals surface area contributed by atoms with E-state index in [0.29, 0.717) is 18.2 Å². The van der Waals surface area contributed by atoms with Crippen molar-refractivity contribution in [2.75, 3.05) is 26.7 Å². The third-order valence-electron chi connectivity index (χ3n) is 3.82. The maximum absolute atomic E-state index is 5.69. The number of nitrogens with zero attached hydrogens (tertiary/aromatic N) is 1. The van der Waals surface area contributed by atoms with E-state index in [2.05, 4.69) is 38.0 Å². The van der Waals surface area contributed by atoms with Crippen molar-refractivity contribution in [1.82, 2.24) is 10.2 Å². The summed E-state index contributed by atoms with van der Waals surface area (Å²) in [6, 6.07) is 1.33. The van der Waals surface area contributed by atoms with Crippen molar-refractivity contribution in [2.24, 2.45) is 0 Å². The number of ether oxygens (including phenoxy) is 1. The molecule has 0 radical (unpaired) electrons. The minimum absolute atomic E-state index is 0.486. The maximum Gasteiger partial charge on any atom is 0.0587 e. The van der Waals surface area contributed by atoms with Gasteiger partial charge in [0.15, 0.2) is 0 Å². The smallest absolute Gasteiger partial charge is 0.0587 e. The zero-order valence-electron chi connectivity index (χ0n) is 12.0. The van der Waals surface area contributed by atoms with Crippen molar-refractivity contribution in [2.45, 2.75) is 64.6 Å². The lowest BCUT2D eigenvalue weighted by Gasteiger charge is -2.30. The molecule has 2 atom stereocenters. The molecule has 1 fully saturated rings. The van der Waals surface area contributed by atoms with Gasteiger partial charge in [-0.05, 0) is 59.7 Å². The summed E-state index contributed by atoms with van der Waals surface area (Å²) in [7, 11) is 2.20. The number of rotatable bonds is 7. The van der Waals surface area contributed by atoms with Crippen molar-refractivity contribution in [3.63, 3.8) is 0 Å². The SMILES string of the molecule is CCC1CC(NCCCN(C)C(C)C)CCO1. The summed E-state index contributed by atoms with van der Waals surface area (Å²) in [5.74, 6) is 0. The monoisotopic (exact) mass is 242 g/mol. The van der Waals surface area contributed by atoms with Gasteiger partial charge >= 0.3 is 0 Å². The van der Waals surface area contributed by atoms with Gasteiger partial charge in [-0.3, -0.25) is 0 Å². The summed E-state index contributed by atoms with van der Waals surface area (Å²) in [6.07, 6.45) is 5.24. The topological polar surface area (TPSA) is 24.5 Å². The molecule has 0 aromatic rings. The third kappa shape index (κ3) is 5.84. The molecular formula is C14H30N2O. The molecule has 1 rings (SSSR count). The third-order valence-corrected chi connectivity index (χ3v) is 3.82. The largest absolute Gasteiger partial charge is 0.378 e. The number of hydrogen-bond acceptors (Lipinski definition) is 3. The molecule has 3 nitrogen and oxygen atoms in total. The molecule has 0 aliphatic carbocycles. The fourth-order valence-corrected chi connectivity index (χ4v) is 2.24. The van der Waals surface area contributed by atoms with E-state index >= 15 is 0 Å². The zero-order chi connectivity index (χ0) is 12.7. The summed E-state index contributed by atoms with van der Waals surface area (Å²) in [4.78, 5) is 2.40. The van der Waals surface area contributed by atoms with Crippen molar-refractivity contribution in [3.05, 3.63) is 0 Å². The van der Waals surface area contributed by atoms with Crippen LogP contribution in [0.15, 0.2) is 0 Å². The van der Waals surface area contributed by atoms with Crippen LogP contribution in [0.1, 0.15) is 46.5 Å². The molecule has 1 aliphatic rings. The number of hydrogen-bond donors (Lipinski definition) is 1. The minimum Gasteiger partial charge on any atom is -0.378 e. The molecule has 0 aromatic heterocycles. The molecule has 1 saturated heterocycles. The van der Waals surface area contributed by atoms with Gasteiger partial charge in [0.05, 0.1) is 6.10 Å². The summed E-state index contributed by atoms with van der Waals surface area (Å²) in [5, 5.41) is 3.67. The molecular weight excluding hydrogens is 212 g/mol. The molecule has 0 saturated carbocycles. The van der Waals surface area contributed by atoms with Crippen LogP contribution in [0.5, 0.6) is 0 Å². The molecule has 1 aliphatic heterocycles. The molecule has 0 aromatic carbocycles. The van der Waals surface area contributed by atoms with Gasteiger partial charge in [0, 0.05) is 18.7 Å². The Hall–Kier alpha value is -0.120. The average Bonchev–Trinajstić information content (AvgIpc) is 2.34. The van der Waals surface area contributed by atoms with Crippen LogP contribution in [0.2, 0.25) is 0 Å². The van der Waals surface area contributed by atoms with E-state index in [9.17, 15) is 0 Å². The molecule has 2 unspecified atom stereocenters. The van der Waals surface area contributed by atoms with E-state index in [1.807, 2.05) is 0 Å². The van der Waals surface area contributed by atoms with Crippen LogP contribution in [0.3, 0.4) is 0 Å². The highest BCUT2D eigenvalue weighted by atomic mass is 16.5. The second-order valence-electron chi connectivity index (χ2n) is 5.50. The van der Waals surface area contributed by atoms with Crippen LogP contribution in [-0.2, 0) is 4.74 Å². The standard InChI is InChI=1S/C14H30N2O/c1-5-14-11-13(7-10-17-14)15-8-6-9-16(4)12(2)3/h12-15H,5-11H2,1-4H3. The fourth-order valence-electron chi connectivity index (χ4n) is 2.24. The van der Waals surface area contributed by atoms with Crippen molar-refractivity contribution in [3.8, 4) is 0 Å². The molecule has 0 amide bonds. The fraction of sp³-hybridized carbons (Fsp3) is 1.00. The summed E-state index contributed by atoms with van der Waals surface area (Å²) in [6.45, 7) is 9.96. The van der Waals surface area contributed by atoms with Gasteiger partial charge in [-0.2, -0.15) is 0 Å². The van der Waals surface area contributed by atoms with E-state index in [0.717, 1.165) is 19.6 Å². The highest BCUT2D eigenvalue weighted by Gasteiger charge is 2.20. The molecule has 1 N–H and O–H groups in total. The summed E-state index contributed by atoms with van der Waals surface area (Å²) >= 11 is 0. The van der Waals surface area contributed by atoms with Crippen LogP contribution in [0, 0.1) is 0 Å². The number of nitrogens with one attached hydrogen (secondary N) is 1. The Morgan fingerprint density at radius 3 is 2.82 bits per heavy atom. The van der Waals surface area contributed by atoms with Crippen LogP contribution in [0.4, 0.5) is 0 Å². The van der Waals surface area contributed by atoms with Gasteiger partial charge in [0.25, 0.3) is 0 Å². The minimum atomic E-state index is 0.486. The first kappa shape index (κ1) is 14.9. The quantitative estimate of drug-likeness (QED) is 0.693. The molecule has 17 heavy (non-hydrogen) atoms. The zero-order valence-corrected chi connectivity index (χ0v) is 12.0. The Bertz CT molecular complexity index is 197. The Kier molecular flexibility index (Phi) is 7.09. The Balaban J connectivity index is 2.06. The van der Waals surface area contributed by atoms with Crippen LogP contribution in [-0.4, -0.2) is 49.8 Å². The lowest BCUT2D eigenvalue weighted by atomic mass is 10.0. The lowest BCUT2D eigenvalue weighted by molar-refractivity contribution is -0.0000712. The highest BCUT2D eigenvalue weighted by molar-refractivity contribution is 4.76. The van der Waals surface area contributed by atoms with Gasteiger partial charge in [-0.15, -0.1) is 0 Å². The molecule has 0 spiro atoms. The summed E-state index contributed by atoms with van der Waals surface area (Å²) < 4.78 is 5.69. The van der Waals surface area contributed by atoms with Crippen molar-refractivity contribution >= 4 is 0 Å². The Morgan fingerprint density at radius 2 is 2.18 bits per heavy atom. The first-order valence-corrected chi connectivity index (χ1v) is 7.18. The molecule has 102 valence electrons. The molecule has 3 heteroatoms. The molecule has 0 bridgehead atoms. The Morgan fingerprint density at radius 1 is 1.41 bits per heavy atom. The maximum atomic E-state index is 5.69. The van der Waals surface area contributed by atoms with Gasteiger partial charge < -0.3 is 15.0 Å². The van der Waals surface area contributed by atoms with Crippen LogP contribution >= 0.6 is 0 Å². The predicted molar refractivity (Wildman–Crippen MR) is 73.4 cm³/mol. The first-order chi connectivity index (χ1) is 8.13. The van der Waals surface area contributed by atoms with E-state index in [1.165, 1.54) is 25.8 Å². The van der Waals surface area contributed by atoms with Gasteiger partial charge in [-0.25, -0.2) is 0 Å². The highest BCUT2D eigenvalue weighted by Crippen LogP contribution is 2.16. The predicted octanol–water partition coefficient (Wildman–Crippen LogP) is 2.26. The second kappa shape index (κ2) is 8.06. The average molecular weight is 242 g/mol. The Labute approximate surface area is 107 Å². The molecule has 1 heterocycles. The second-order valence-corrected chi connectivity index (χ2v) is 5.50. The van der Waals surface area contributed by atoms with E-state index < -0.39 is 0 Å². The summed E-state index contributed by atoms with van der Waals surface area (Å²) in [5.41, 5.74) is 0. The van der Waals surface area contributed by atoms with Crippen LogP contribution < -0.4 is 5.32 Å². The lowest BCUT2D eigenvalue weighted by Crippen LogP contribution is -2.40. The van der Waals surface area contributed by atoms with Crippen molar-refractivity contribution in [1.29, 1.82) is 0 Å². The van der Waals surface area contributed by atoms with Crippen LogP contribution in [0.25, 0.3) is 0 Å². The van der Waals surface area contributed by atoms with Crippen molar-refractivity contribution < 1.29 is 4.74 Å². The van der Waals surface area contributed by atoms with Gasteiger partial charge in [-0.1, -0.05) is 6.92 Å².